The van der Waals surface area contributed by atoms with Crippen molar-refractivity contribution < 1.29 is 4.42 Å². The molecule has 0 saturated heterocycles. The van der Waals surface area contributed by atoms with E-state index in [0.717, 1.165) is 60.7 Å². The maximum absolute atomic E-state index is 6.82. The van der Waals surface area contributed by atoms with E-state index >= 15 is 0 Å². The van der Waals surface area contributed by atoms with Crippen molar-refractivity contribution in [2.45, 2.75) is 0 Å². The van der Waals surface area contributed by atoms with Crippen LogP contribution in [0, 0.1) is 0 Å². The van der Waals surface area contributed by atoms with Gasteiger partial charge in [-0.15, -0.1) is 0 Å². The number of benzene rings is 8. The maximum atomic E-state index is 6.82. The minimum atomic E-state index is 0.628. The fourth-order valence-electron chi connectivity index (χ4n) is 7.84. The Labute approximate surface area is 298 Å². The van der Waals surface area contributed by atoms with Crippen LogP contribution in [0.1, 0.15) is 0 Å². The van der Waals surface area contributed by atoms with Crippen molar-refractivity contribution >= 4 is 65.3 Å². The first-order chi connectivity index (χ1) is 25.8. The Bertz CT molecular complexity index is 3100. The van der Waals surface area contributed by atoms with Crippen LogP contribution in [-0.4, -0.2) is 19.5 Å². The zero-order valence-electron chi connectivity index (χ0n) is 27.9. The summed E-state index contributed by atoms with van der Waals surface area (Å²) >= 11 is 0. The standard InChI is InChI=1S/C47H28N4O/c1-3-13-31(14-4-1)45-48-46(32-15-5-2-6-16-32)50-47(49-45)33-19-23-34(24-20-33)51-38-26-21-29-11-8-10-18-36(29)42(38)43-39(51)27-25-37-41-35-17-9-7-12-30(35)22-28-40(41)52-44(37)43/h1-28H. The lowest BCUT2D eigenvalue weighted by molar-refractivity contribution is 0.673. The molecule has 242 valence electrons. The lowest BCUT2D eigenvalue weighted by Gasteiger charge is -2.11. The van der Waals surface area contributed by atoms with Gasteiger partial charge in [0.25, 0.3) is 0 Å². The van der Waals surface area contributed by atoms with Gasteiger partial charge in [-0.25, -0.2) is 15.0 Å². The summed E-state index contributed by atoms with van der Waals surface area (Å²) in [6.45, 7) is 0. The van der Waals surface area contributed by atoms with Crippen LogP contribution in [0.25, 0.3) is 105 Å². The van der Waals surface area contributed by atoms with Crippen molar-refractivity contribution in [1.82, 2.24) is 19.5 Å². The van der Waals surface area contributed by atoms with Gasteiger partial charge in [-0.2, -0.15) is 0 Å². The van der Waals surface area contributed by atoms with E-state index < -0.39 is 0 Å². The predicted octanol–water partition coefficient (Wildman–Crippen LogP) is 12.2. The molecule has 0 unspecified atom stereocenters. The number of aromatic nitrogens is 4. The summed E-state index contributed by atoms with van der Waals surface area (Å²) in [5, 5.41) is 9.38. The molecule has 5 nitrogen and oxygen atoms in total. The summed E-state index contributed by atoms with van der Waals surface area (Å²) < 4.78 is 9.17. The normalized spacial score (nSPS) is 11.8. The molecule has 0 fully saturated rings. The molecular formula is C47H28N4O. The highest BCUT2D eigenvalue weighted by Crippen LogP contribution is 2.44. The van der Waals surface area contributed by atoms with E-state index in [4.69, 9.17) is 19.4 Å². The molecule has 3 heterocycles. The van der Waals surface area contributed by atoms with E-state index in [9.17, 15) is 0 Å². The van der Waals surface area contributed by atoms with Crippen LogP contribution in [-0.2, 0) is 0 Å². The Morgan fingerprint density at radius 3 is 1.50 bits per heavy atom. The van der Waals surface area contributed by atoms with Crippen LogP contribution in [0.4, 0.5) is 0 Å². The number of hydrogen-bond acceptors (Lipinski definition) is 4. The predicted molar refractivity (Wildman–Crippen MR) is 213 cm³/mol. The number of furan rings is 1. The number of rotatable bonds is 4. The molecule has 11 aromatic rings. The highest BCUT2D eigenvalue weighted by atomic mass is 16.3. The fraction of sp³-hybridized carbons (Fsp3) is 0. The Hall–Kier alpha value is -7.11. The molecule has 0 aliphatic rings. The summed E-state index contributed by atoms with van der Waals surface area (Å²) in [6.07, 6.45) is 0. The first kappa shape index (κ1) is 28.7. The Balaban J connectivity index is 1.14. The summed E-state index contributed by atoms with van der Waals surface area (Å²) in [6, 6.07) is 59.0. The Morgan fingerprint density at radius 1 is 0.365 bits per heavy atom. The largest absolute Gasteiger partial charge is 0.455 e. The van der Waals surface area contributed by atoms with Gasteiger partial charge in [0, 0.05) is 38.5 Å². The molecule has 0 amide bonds. The smallest absolute Gasteiger partial charge is 0.164 e. The molecule has 8 aromatic carbocycles. The first-order valence-electron chi connectivity index (χ1n) is 17.5. The summed E-state index contributed by atoms with van der Waals surface area (Å²) in [7, 11) is 0. The van der Waals surface area contributed by atoms with E-state index in [2.05, 4.69) is 114 Å². The van der Waals surface area contributed by atoms with Gasteiger partial charge in [0.15, 0.2) is 17.5 Å². The molecule has 0 aliphatic carbocycles. The van der Waals surface area contributed by atoms with Crippen LogP contribution in [0.15, 0.2) is 174 Å². The Morgan fingerprint density at radius 2 is 0.865 bits per heavy atom. The van der Waals surface area contributed by atoms with Gasteiger partial charge in [-0.3, -0.25) is 0 Å². The zero-order chi connectivity index (χ0) is 34.2. The van der Waals surface area contributed by atoms with Gasteiger partial charge in [0.1, 0.15) is 11.2 Å². The van der Waals surface area contributed by atoms with Crippen LogP contribution < -0.4 is 0 Å². The molecule has 0 radical (unpaired) electrons. The Kier molecular flexibility index (Phi) is 6.18. The molecule has 0 saturated carbocycles. The molecule has 0 atom stereocenters. The van der Waals surface area contributed by atoms with Gasteiger partial charge in [0.2, 0.25) is 0 Å². The van der Waals surface area contributed by atoms with E-state index in [1.54, 1.807) is 0 Å². The van der Waals surface area contributed by atoms with Gasteiger partial charge in [-0.05, 0) is 70.1 Å². The second-order valence-electron chi connectivity index (χ2n) is 13.2. The molecule has 3 aromatic heterocycles. The molecule has 0 spiro atoms. The molecule has 0 N–H and O–H groups in total. The quantitative estimate of drug-likeness (QED) is 0.188. The number of nitrogens with zero attached hydrogens (tertiary/aromatic N) is 4. The second-order valence-corrected chi connectivity index (χ2v) is 13.2. The van der Waals surface area contributed by atoms with Crippen molar-refractivity contribution in [1.29, 1.82) is 0 Å². The maximum Gasteiger partial charge on any atom is 0.164 e. The van der Waals surface area contributed by atoms with Gasteiger partial charge in [-0.1, -0.05) is 121 Å². The monoisotopic (exact) mass is 664 g/mol. The summed E-state index contributed by atoms with van der Waals surface area (Å²) in [5.41, 5.74) is 7.87. The molecule has 0 bridgehead atoms. The molecule has 5 heteroatoms. The third-order valence-corrected chi connectivity index (χ3v) is 10.2. The van der Waals surface area contributed by atoms with Crippen molar-refractivity contribution in [3.8, 4) is 39.9 Å². The van der Waals surface area contributed by atoms with E-state index in [1.165, 1.54) is 26.9 Å². The zero-order valence-corrected chi connectivity index (χ0v) is 27.9. The average Bonchev–Trinajstić information content (AvgIpc) is 3.78. The topological polar surface area (TPSA) is 56.7 Å². The van der Waals surface area contributed by atoms with Crippen molar-refractivity contribution in [2.75, 3.05) is 0 Å². The highest BCUT2D eigenvalue weighted by Gasteiger charge is 2.21. The van der Waals surface area contributed by atoms with Gasteiger partial charge >= 0.3 is 0 Å². The third-order valence-electron chi connectivity index (χ3n) is 10.2. The highest BCUT2D eigenvalue weighted by molar-refractivity contribution is 6.31. The van der Waals surface area contributed by atoms with Crippen LogP contribution in [0.5, 0.6) is 0 Å². The minimum absolute atomic E-state index is 0.628. The lowest BCUT2D eigenvalue weighted by Crippen LogP contribution is -2.00. The number of fused-ring (bicyclic) bond motifs is 11. The van der Waals surface area contributed by atoms with Gasteiger partial charge < -0.3 is 8.98 Å². The first-order valence-corrected chi connectivity index (χ1v) is 17.5. The van der Waals surface area contributed by atoms with E-state index in [-0.39, 0.29) is 0 Å². The minimum Gasteiger partial charge on any atom is -0.455 e. The van der Waals surface area contributed by atoms with E-state index in [0.29, 0.717) is 17.5 Å². The van der Waals surface area contributed by atoms with E-state index in [1.807, 2.05) is 60.7 Å². The molecule has 0 aliphatic heterocycles. The average molecular weight is 665 g/mol. The number of hydrogen-bond donors (Lipinski definition) is 0. The van der Waals surface area contributed by atoms with Gasteiger partial charge in [0.05, 0.1) is 16.4 Å². The third kappa shape index (κ3) is 4.33. The van der Waals surface area contributed by atoms with Crippen molar-refractivity contribution in [2.24, 2.45) is 0 Å². The molecule has 11 rings (SSSR count). The fourth-order valence-corrected chi connectivity index (χ4v) is 7.84. The second kappa shape index (κ2) is 11.2. The van der Waals surface area contributed by atoms with Crippen LogP contribution >= 0.6 is 0 Å². The van der Waals surface area contributed by atoms with Crippen LogP contribution in [0.2, 0.25) is 0 Å². The lowest BCUT2D eigenvalue weighted by atomic mass is 10.0. The van der Waals surface area contributed by atoms with Crippen molar-refractivity contribution in [3.63, 3.8) is 0 Å². The molecular weight excluding hydrogens is 637 g/mol. The van der Waals surface area contributed by atoms with Crippen LogP contribution in [0.3, 0.4) is 0 Å². The summed E-state index contributed by atoms with van der Waals surface area (Å²) in [4.78, 5) is 14.8. The SMILES string of the molecule is c1ccc(-c2nc(-c3ccccc3)nc(-c3ccc(-n4c5ccc6ccccc6c5c5c6oc7ccc8ccccc8c7c6ccc54)cc3)n2)cc1. The summed E-state index contributed by atoms with van der Waals surface area (Å²) in [5.74, 6) is 1.92. The van der Waals surface area contributed by atoms with Crippen molar-refractivity contribution in [3.05, 3.63) is 170 Å². The molecule has 52 heavy (non-hydrogen) atoms.